The van der Waals surface area contributed by atoms with Gasteiger partial charge in [0.05, 0.1) is 26.3 Å². The summed E-state index contributed by atoms with van der Waals surface area (Å²) in [5.41, 5.74) is 1.67. The predicted molar refractivity (Wildman–Crippen MR) is 113 cm³/mol. The number of esters is 2. The molecule has 0 aliphatic carbocycles. The summed E-state index contributed by atoms with van der Waals surface area (Å²) in [6.45, 7) is 1.74. The molecule has 4 rings (SSSR count). The SMILES string of the molecule is COC(=O)C1(C(=O)OC)Oc2ccc(NC(=O)Cc3nc(-c4ccccc4)oc3C)cc2O1. The Hall–Kier alpha value is -4.34. The zero-order valence-corrected chi connectivity index (χ0v) is 18.0. The molecule has 1 aliphatic heterocycles. The molecule has 10 heteroatoms. The minimum atomic E-state index is -2.40. The molecule has 0 radical (unpaired) electrons. The highest BCUT2D eigenvalue weighted by Gasteiger charge is 2.59. The van der Waals surface area contributed by atoms with E-state index >= 15 is 0 Å². The van der Waals surface area contributed by atoms with Crippen molar-refractivity contribution in [2.24, 2.45) is 0 Å². The Morgan fingerprint density at radius 1 is 0.970 bits per heavy atom. The third-order valence-electron chi connectivity index (χ3n) is 4.88. The average molecular weight is 452 g/mol. The third kappa shape index (κ3) is 4.10. The lowest BCUT2D eigenvalue weighted by atomic mass is 10.2. The summed E-state index contributed by atoms with van der Waals surface area (Å²) >= 11 is 0. The second-order valence-electron chi connectivity index (χ2n) is 7.08. The number of nitrogens with one attached hydrogen (secondary N) is 1. The first-order chi connectivity index (χ1) is 15.9. The van der Waals surface area contributed by atoms with E-state index in [1.807, 2.05) is 30.3 Å². The van der Waals surface area contributed by atoms with Gasteiger partial charge >= 0.3 is 17.7 Å². The number of oxazole rings is 1. The number of aromatic nitrogens is 1. The van der Waals surface area contributed by atoms with Crippen molar-refractivity contribution in [3.05, 3.63) is 60.0 Å². The van der Waals surface area contributed by atoms with Crippen molar-refractivity contribution >= 4 is 23.5 Å². The molecule has 170 valence electrons. The zero-order chi connectivity index (χ0) is 23.6. The van der Waals surface area contributed by atoms with Crippen LogP contribution in [0.1, 0.15) is 11.5 Å². The average Bonchev–Trinajstić information content (AvgIpc) is 3.39. The number of benzene rings is 2. The second kappa shape index (κ2) is 8.65. The highest BCUT2D eigenvalue weighted by atomic mass is 16.8. The summed E-state index contributed by atoms with van der Waals surface area (Å²) in [5, 5.41) is 2.72. The van der Waals surface area contributed by atoms with Gasteiger partial charge in [0.25, 0.3) is 0 Å². The van der Waals surface area contributed by atoms with Crippen LogP contribution in [0.15, 0.2) is 52.9 Å². The molecule has 2 heterocycles. The topological polar surface area (TPSA) is 126 Å². The molecule has 1 N–H and O–H groups in total. The van der Waals surface area contributed by atoms with Gasteiger partial charge in [0.1, 0.15) is 5.76 Å². The van der Waals surface area contributed by atoms with Crippen LogP contribution in [0, 0.1) is 6.92 Å². The van der Waals surface area contributed by atoms with Gasteiger partial charge in [-0.1, -0.05) is 18.2 Å². The molecule has 0 fully saturated rings. The van der Waals surface area contributed by atoms with Crippen molar-refractivity contribution in [3.8, 4) is 23.0 Å². The Kier molecular flexibility index (Phi) is 5.74. The highest BCUT2D eigenvalue weighted by Crippen LogP contribution is 2.42. The van der Waals surface area contributed by atoms with Gasteiger partial charge in [0.2, 0.25) is 11.8 Å². The number of methoxy groups -OCH3 is 2. The number of hydrogen-bond donors (Lipinski definition) is 1. The number of carbonyl (C=O) groups is 3. The Bertz CT molecular complexity index is 1200. The van der Waals surface area contributed by atoms with Crippen molar-refractivity contribution in [3.63, 3.8) is 0 Å². The maximum Gasteiger partial charge on any atom is 0.453 e. The lowest BCUT2D eigenvalue weighted by Crippen LogP contribution is -2.55. The number of rotatable bonds is 6. The first kappa shape index (κ1) is 21.9. The van der Waals surface area contributed by atoms with Crippen molar-refractivity contribution < 1.29 is 37.7 Å². The van der Waals surface area contributed by atoms with E-state index in [0.29, 0.717) is 23.0 Å². The monoisotopic (exact) mass is 452 g/mol. The van der Waals surface area contributed by atoms with Gasteiger partial charge in [-0.15, -0.1) is 0 Å². The lowest BCUT2D eigenvalue weighted by Gasteiger charge is -2.21. The molecule has 0 saturated carbocycles. The lowest BCUT2D eigenvalue weighted by molar-refractivity contribution is -0.199. The number of aryl methyl sites for hydroxylation is 1. The molecule has 1 amide bonds. The molecule has 1 aromatic heterocycles. The van der Waals surface area contributed by atoms with E-state index < -0.39 is 17.7 Å². The minimum Gasteiger partial charge on any atom is -0.463 e. The summed E-state index contributed by atoms with van der Waals surface area (Å²) < 4.78 is 25.8. The Morgan fingerprint density at radius 3 is 2.30 bits per heavy atom. The summed E-state index contributed by atoms with van der Waals surface area (Å²) in [6, 6.07) is 13.8. The smallest absolute Gasteiger partial charge is 0.453 e. The first-order valence-corrected chi connectivity index (χ1v) is 9.86. The minimum absolute atomic E-state index is 0.0229. The summed E-state index contributed by atoms with van der Waals surface area (Å²) in [5.74, 6) is -3.76. The summed E-state index contributed by atoms with van der Waals surface area (Å²) in [6.07, 6.45) is -0.0229. The van der Waals surface area contributed by atoms with Crippen LogP contribution in [0.25, 0.3) is 11.5 Å². The number of carbonyl (C=O) groups excluding carboxylic acids is 3. The van der Waals surface area contributed by atoms with E-state index in [-0.39, 0.29) is 23.8 Å². The first-order valence-electron chi connectivity index (χ1n) is 9.86. The number of nitrogens with zero attached hydrogens (tertiary/aromatic N) is 1. The summed E-state index contributed by atoms with van der Waals surface area (Å²) in [4.78, 5) is 41.3. The molecule has 2 aromatic carbocycles. The van der Waals surface area contributed by atoms with Gasteiger partial charge < -0.3 is 28.7 Å². The highest BCUT2D eigenvalue weighted by molar-refractivity contribution is 6.03. The van der Waals surface area contributed by atoms with E-state index in [9.17, 15) is 14.4 Å². The molecule has 0 spiro atoms. The van der Waals surface area contributed by atoms with Crippen LogP contribution in [-0.2, 0) is 30.3 Å². The number of ether oxygens (including phenoxy) is 4. The van der Waals surface area contributed by atoms with Crippen molar-refractivity contribution in [1.29, 1.82) is 0 Å². The van der Waals surface area contributed by atoms with Crippen LogP contribution in [0.5, 0.6) is 11.5 Å². The quantitative estimate of drug-likeness (QED) is 0.444. The van der Waals surface area contributed by atoms with Crippen molar-refractivity contribution in [2.75, 3.05) is 19.5 Å². The van der Waals surface area contributed by atoms with Gasteiger partial charge in [-0.05, 0) is 31.2 Å². The molecule has 10 nitrogen and oxygen atoms in total. The molecule has 3 aromatic rings. The predicted octanol–water partition coefficient (Wildman–Crippen LogP) is 2.64. The maximum absolute atomic E-state index is 12.6. The van der Waals surface area contributed by atoms with E-state index in [2.05, 4.69) is 19.8 Å². The van der Waals surface area contributed by atoms with Crippen LogP contribution >= 0.6 is 0 Å². The second-order valence-corrected chi connectivity index (χ2v) is 7.08. The number of fused-ring (bicyclic) bond motifs is 1. The van der Waals surface area contributed by atoms with Crippen LogP contribution in [0.4, 0.5) is 5.69 Å². The van der Waals surface area contributed by atoms with E-state index in [1.165, 1.54) is 18.2 Å². The van der Waals surface area contributed by atoms with Gasteiger partial charge in [-0.3, -0.25) is 4.79 Å². The molecular weight excluding hydrogens is 432 g/mol. The maximum atomic E-state index is 12.6. The molecular formula is C23H20N2O8. The fourth-order valence-corrected chi connectivity index (χ4v) is 3.25. The Balaban J connectivity index is 1.48. The number of amides is 1. The van der Waals surface area contributed by atoms with E-state index in [0.717, 1.165) is 19.8 Å². The van der Waals surface area contributed by atoms with Gasteiger partial charge in [0, 0.05) is 17.3 Å². The van der Waals surface area contributed by atoms with Gasteiger partial charge in [-0.25, -0.2) is 14.6 Å². The standard InChI is InChI=1S/C23H20N2O8/c1-13-16(25-20(31-13)14-7-5-4-6-8-14)12-19(26)24-15-9-10-17-18(11-15)33-23(32-17,21(27)29-2)22(28)30-3/h4-11H,12H2,1-3H3,(H,24,26). The normalized spacial score (nSPS) is 13.3. The molecule has 0 bridgehead atoms. The summed E-state index contributed by atoms with van der Waals surface area (Å²) in [7, 11) is 2.17. The Morgan fingerprint density at radius 2 is 1.64 bits per heavy atom. The molecule has 0 unspecified atom stereocenters. The van der Waals surface area contributed by atoms with Crippen molar-refractivity contribution in [2.45, 2.75) is 19.1 Å². The largest absolute Gasteiger partial charge is 0.463 e. The molecule has 33 heavy (non-hydrogen) atoms. The zero-order valence-electron chi connectivity index (χ0n) is 18.0. The van der Waals surface area contributed by atoms with E-state index in [1.54, 1.807) is 6.92 Å². The van der Waals surface area contributed by atoms with Gasteiger partial charge in [-0.2, -0.15) is 0 Å². The fraction of sp³-hybridized carbons (Fsp3) is 0.217. The van der Waals surface area contributed by atoms with Crippen LogP contribution in [-0.4, -0.2) is 42.8 Å². The van der Waals surface area contributed by atoms with Crippen molar-refractivity contribution in [1.82, 2.24) is 4.98 Å². The van der Waals surface area contributed by atoms with E-state index in [4.69, 9.17) is 13.9 Å². The molecule has 0 atom stereocenters. The number of anilines is 1. The molecule has 0 saturated heterocycles. The third-order valence-corrected chi connectivity index (χ3v) is 4.88. The van der Waals surface area contributed by atoms with Crippen LogP contribution in [0.2, 0.25) is 0 Å². The van der Waals surface area contributed by atoms with Crippen LogP contribution < -0.4 is 14.8 Å². The molecule has 1 aliphatic rings. The fourth-order valence-electron chi connectivity index (χ4n) is 3.25. The number of hydrogen-bond acceptors (Lipinski definition) is 9. The Labute approximate surface area is 188 Å². The van der Waals surface area contributed by atoms with Gasteiger partial charge in [0.15, 0.2) is 11.5 Å². The van der Waals surface area contributed by atoms with Crippen LogP contribution in [0.3, 0.4) is 0 Å².